The second-order valence-electron chi connectivity index (χ2n) is 4.84. The fourth-order valence-electron chi connectivity index (χ4n) is 1.36. The summed E-state index contributed by atoms with van der Waals surface area (Å²) in [5.74, 6) is -0.578. The number of nitrogens with one attached hydrogen (secondary N) is 1. The van der Waals surface area contributed by atoms with Crippen molar-refractivity contribution in [3.63, 3.8) is 0 Å². The van der Waals surface area contributed by atoms with Crippen molar-refractivity contribution < 1.29 is 9.59 Å². The van der Waals surface area contributed by atoms with E-state index in [1.165, 1.54) is 0 Å². The number of rotatable bonds is 7. The van der Waals surface area contributed by atoms with Crippen LogP contribution in [0.15, 0.2) is 0 Å². The minimum atomic E-state index is -0.576. The predicted octanol–water partition coefficient (Wildman–Crippen LogP) is 0.343. The van der Waals surface area contributed by atoms with Crippen molar-refractivity contribution in [2.75, 3.05) is 13.6 Å². The predicted molar refractivity (Wildman–Crippen MR) is 68.3 cm³/mol. The number of carbonyl (C=O) groups is 2. The van der Waals surface area contributed by atoms with Crippen molar-refractivity contribution in [1.29, 1.82) is 0 Å². The van der Waals surface area contributed by atoms with Crippen molar-refractivity contribution in [3.8, 4) is 0 Å². The van der Waals surface area contributed by atoms with E-state index in [9.17, 15) is 9.59 Å². The number of hydrogen-bond acceptors (Lipinski definition) is 3. The Bertz CT molecular complexity index is 266. The van der Waals surface area contributed by atoms with Gasteiger partial charge in [0.15, 0.2) is 0 Å². The molecule has 0 bridgehead atoms. The molecule has 2 unspecified atom stereocenters. The van der Waals surface area contributed by atoms with Gasteiger partial charge in [0, 0.05) is 6.04 Å². The molecule has 0 radical (unpaired) electrons. The van der Waals surface area contributed by atoms with Crippen LogP contribution in [0.3, 0.4) is 0 Å². The molecule has 0 aromatic carbocycles. The van der Waals surface area contributed by atoms with Crippen LogP contribution in [0.1, 0.15) is 34.1 Å². The van der Waals surface area contributed by atoms with Crippen LogP contribution in [0.25, 0.3) is 0 Å². The summed E-state index contributed by atoms with van der Waals surface area (Å²) in [5.41, 5.74) is 5.28. The molecule has 3 N–H and O–H groups in total. The van der Waals surface area contributed by atoms with Gasteiger partial charge in [0.1, 0.15) is 6.04 Å². The summed E-state index contributed by atoms with van der Waals surface area (Å²) in [6.07, 6.45) is 0.800. The summed E-state index contributed by atoms with van der Waals surface area (Å²) >= 11 is 0. The fraction of sp³-hybridized carbons (Fsp3) is 0.833. The second kappa shape index (κ2) is 7.27. The molecule has 0 aromatic heterocycles. The number of nitrogens with two attached hydrogens (primary N) is 1. The Labute approximate surface area is 104 Å². The van der Waals surface area contributed by atoms with Gasteiger partial charge in [-0.1, -0.05) is 20.3 Å². The first-order chi connectivity index (χ1) is 7.79. The summed E-state index contributed by atoms with van der Waals surface area (Å²) in [4.78, 5) is 24.9. The van der Waals surface area contributed by atoms with E-state index in [0.717, 1.165) is 6.42 Å². The zero-order valence-corrected chi connectivity index (χ0v) is 11.5. The maximum atomic E-state index is 11.7. The average molecular weight is 243 g/mol. The van der Waals surface area contributed by atoms with Gasteiger partial charge in [0.05, 0.1) is 6.54 Å². The molecule has 2 atom stereocenters. The summed E-state index contributed by atoms with van der Waals surface area (Å²) in [7, 11) is 1.87. The third kappa shape index (κ3) is 5.68. The molecule has 17 heavy (non-hydrogen) atoms. The highest BCUT2D eigenvalue weighted by Gasteiger charge is 2.24. The van der Waals surface area contributed by atoms with Gasteiger partial charge in [0.25, 0.3) is 0 Å². The van der Waals surface area contributed by atoms with Crippen LogP contribution in [0.2, 0.25) is 0 Å². The molecule has 2 amide bonds. The topological polar surface area (TPSA) is 75.4 Å². The molecule has 0 saturated carbocycles. The number of likely N-dealkylation sites (N-methyl/N-ethyl adjacent to an activating group) is 1. The normalized spacial score (nSPS) is 14.8. The molecule has 0 heterocycles. The van der Waals surface area contributed by atoms with Gasteiger partial charge < -0.3 is 11.1 Å². The number of hydrogen-bond donors (Lipinski definition) is 2. The number of carbonyl (C=O) groups excluding carboxylic acids is 2. The van der Waals surface area contributed by atoms with Gasteiger partial charge >= 0.3 is 0 Å². The highest BCUT2D eigenvalue weighted by Crippen LogP contribution is 2.07. The van der Waals surface area contributed by atoms with Crippen molar-refractivity contribution in [2.45, 2.75) is 46.2 Å². The van der Waals surface area contributed by atoms with Gasteiger partial charge in [-0.25, -0.2) is 0 Å². The quantitative estimate of drug-likeness (QED) is 0.677. The largest absolute Gasteiger partial charge is 0.368 e. The first kappa shape index (κ1) is 15.9. The Morgan fingerprint density at radius 2 is 1.82 bits per heavy atom. The van der Waals surface area contributed by atoms with Crippen LogP contribution < -0.4 is 11.1 Å². The molecule has 5 nitrogen and oxygen atoms in total. The molecule has 0 spiro atoms. The first-order valence-electron chi connectivity index (χ1n) is 6.08. The molecule has 100 valence electrons. The zero-order chi connectivity index (χ0) is 13.6. The lowest BCUT2D eigenvalue weighted by Gasteiger charge is -2.24. The Morgan fingerprint density at radius 3 is 2.18 bits per heavy atom. The fourth-order valence-corrected chi connectivity index (χ4v) is 1.36. The van der Waals surface area contributed by atoms with Crippen molar-refractivity contribution in [2.24, 2.45) is 11.7 Å². The van der Waals surface area contributed by atoms with Crippen LogP contribution in [-0.2, 0) is 9.59 Å². The molecule has 0 aliphatic heterocycles. The van der Waals surface area contributed by atoms with Gasteiger partial charge in [-0.05, 0) is 26.8 Å². The standard InChI is InChI=1S/C12H25N3O2/c1-6-9(4)11(12(13)17)14-10(16)7-15(5)8(2)3/h8-9,11H,6-7H2,1-5H3,(H2,13,17)(H,14,16). The number of nitrogens with zero attached hydrogens (tertiary/aromatic N) is 1. The molecule has 0 rings (SSSR count). The lowest BCUT2D eigenvalue weighted by atomic mass is 9.98. The van der Waals surface area contributed by atoms with E-state index >= 15 is 0 Å². The van der Waals surface area contributed by atoms with E-state index in [1.54, 1.807) is 0 Å². The van der Waals surface area contributed by atoms with Crippen LogP contribution in [0, 0.1) is 5.92 Å². The van der Waals surface area contributed by atoms with Crippen molar-refractivity contribution in [3.05, 3.63) is 0 Å². The van der Waals surface area contributed by atoms with Crippen LogP contribution >= 0.6 is 0 Å². The van der Waals surface area contributed by atoms with Crippen LogP contribution in [0.4, 0.5) is 0 Å². The average Bonchev–Trinajstić information content (AvgIpc) is 2.24. The van der Waals surface area contributed by atoms with Gasteiger partial charge in [0.2, 0.25) is 11.8 Å². The summed E-state index contributed by atoms with van der Waals surface area (Å²) in [6.45, 7) is 8.16. The van der Waals surface area contributed by atoms with Gasteiger partial charge in [-0.3, -0.25) is 14.5 Å². The van der Waals surface area contributed by atoms with Crippen molar-refractivity contribution >= 4 is 11.8 Å². The third-order valence-electron chi connectivity index (χ3n) is 3.11. The van der Waals surface area contributed by atoms with Gasteiger partial charge in [-0.15, -0.1) is 0 Å². The summed E-state index contributed by atoms with van der Waals surface area (Å²) < 4.78 is 0. The highest BCUT2D eigenvalue weighted by molar-refractivity contribution is 5.87. The minimum absolute atomic E-state index is 0.0563. The molecule has 0 aliphatic carbocycles. The Morgan fingerprint density at radius 1 is 1.29 bits per heavy atom. The lowest BCUT2D eigenvalue weighted by Crippen LogP contribution is -2.51. The first-order valence-corrected chi connectivity index (χ1v) is 6.08. The molecule has 0 fully saturated rings. The molecular formula is C12H25N3O2. The van der Waals surface area contributed by atoms with E-state index < -0.39 is 11.9 Å². The third-order valence-corrected chi connectivity index (χ3v) is 3.11. The monoisotopic (exact) mass is 243 g/mol. The van der Waals surface area contributed by atoms with E-state index in [-0.39, 0.29) is 24.4 Å². The number of amides is 2. The Hall–Kier alpha value is -1.10. The van der Waals surface area contributed by atoms with E-state index in [4.69, 9.17) is 5.73 Å². The summed E-state index contributed by atoms with van der Waals surface area (Å²) in [6, 6.07) is -0.288. The Balaban J connectivity index is 4.37. The molecule has 5 heteroatoms. The molecule has 0 aromatic rings. The maximum absolute atomic E-state index is 11.7. The smallest absolute Gasteiger partial charge is 0.240 e. The Kier molecular flexibility index (Phi) is 6.80. The van der Waals surface area contributed by atoms with Crippen LogP contribution in [-0.4, -0.2) is 42.4 Å². The van der Waals surface area contributed by atoms with Gasteiger partial charge in [-0.2, -0.15) is 0 Å². The zero-order valence-electron chi connectivity index (χ0n) is 11.5. The molecule has 0 saturated heterocycles. The second-order valence-corrected chi connectivity index (χ2v) is 4.84. The number of primary amides is 1. The van der Waals surface area contributed by atoms with E-state index in [0.29, 0.717) is 0 Å². The summed E-state index contributed by atoms with van der Waals surface area (Å²) in [5, 5.41) is 2.70. The minimum Gasteiger partial charge on any atom is -0.368 e. The van der Waals surface area contributed by atoms with E-state index in [2.05, 4.69) is 5.32 Å². The highest BCUT2D eigenvalue weighted by atomic mass is 16.2. The SMILES string of the molecule is CCC(C)C(NC(=O)CN(C)C(C)C)C(N)=O. The maximum Gasteiger partial charge on any atom is 0.240 e. The lowest BCUT2D eigenvalue weighted by molar-refractivity contribution is -0.129. The molecular weight excluding hydrogens is 218 g/mol. The molecule has 0 aliphatic rings. The van der Waals surface area contributed by atoms with Crippen molar-refractivity contribution in [1.82, 2.24) is 10.2 Å². The van der Waals surface area contributed by atoms with Crippen LogP contribution in [0.5, 0.6) is 0 Å². The van der Waals surface area contributed by atoms with E-state index in [1.807, 2.05) is 39.6 Å².